The summed E-state index contributed by atoms with van der Waals surface area (Å²) in [5.74, 6) is 0.517. The Morgan fingerprint density at radius 2 is 1.83 bits per heavy atom. The van der Waals surface area contributed by atoms with Crippen LogP contribution in [0.1, 0.15) is 40.9 Å². The van der Waals surface area contributed by atoms with Crippen LogP contribution in [-0.4, -0.2) is 76.3 Å². The van der Waals surface area contributed by atoms with Crippen molar-refractivity contribution in [3.63, 3.8) is 0 Å². The van der Waals surface area contributed by atoms with Crippen molar-refractivity contribution in [1.82, 2.24) is 24.9 Å². The number of piperazine rings is 1. The van der Waals surface area contributed by atoms with E-state index in [0.717, 1.165) is 33.9 Å². The van der Waals surface area contributed by atoms with E-state index in [-0.39, 0.29) is 30.6 Å². The number of hydrogen-bond acceptors (Lipinski definition) is 7. The number of hydrogen-bond donors (Lipinski definition) is 2. The van der Waals surface area contributed by atoms with E-state index >= 15 is 0 Å². The van der Waals surface area contributed by atoms with Gasteiger partial charge in [0.25, 0.3) is 5.91 Å². The van der Waals surface area contributed by atoms with E-state index in [1.165, 1.54) is 0 Å². The summed E-state index contributed by atoms with van der Waals surface area (Å²) in [6.07, 6.45) is 1.65. The van der Waals surface area contributed by atoms with E-state index in [2.05, 4.69) is 15.7 Å². The van der Waals surface area contributed by atoms with Crippen LogP contribution in [0.3, 0.4) is 0 Å². The third-order valence-electron chi connectivity index (χ3n) is 7.44. The summed E-state index contributed by atoms with van der Waals surface area (Å²) in [5.41, 5.74) is 5.02. The topological polar surface area (TPSA) is 112 Å². The lowest BCUT2D eigenvalue weighted by molar-refractivity contribution is -0.149. The van der Waals surface area contributed by atoms with Crippen LogP contribution in [0.5, 0.6) is 0 Å². The lowest BCUT2D eigenvalue weighted by Gasteiger charge is -2.34. The van der Waals surface area contributed by atoms with Gasteiger partial charge < -0.3 is 25.2 Å². The Balaban J connectivity index is 1.20. The van der Waals surface area contributed by atoms with Gasteiger partial charge in [-0.3, -0.25) is 19.2 Å². The number of carbonyl (C=O) groups is 3. The van der Waals surface area contributed by atoms with Crippen molar-refractivity contribution in [2.45, 2.75) is 40.0 Å². The van der Waals surface area contributed by atoms with Crippen molar-refractivity contribution >= 4 is 35.1 Å². The molecule has 0 unspecified atom stereocenters. The second kappa shape index (κ2) is 12.0. The summed E-state index contributed by atoms with van der Waals surface area (Å²) < 4.78 is 6.99. The van der Waals surface area contributed by atoms with E-state index < -0.39 is 0 Å². The number of urea groups is 1. The lowest BCUT2D eigenvalue weighted by Crippen LogP contribution is -2.52. The van der Waals surface area contributed by atoms with E-state index in [9.17, 15) is 14.4 Å². The monoisotopic (exact) mass is 559 g/mol. The van der Waals surface area contributed by atoms with Gasteiger partial charge in [-0.05, 0) is 56.2 Å². The SMILES string of the molecule is Cc1cc(C(=O)N2Cc3cnn(C)c3Nc3ccccc32)ccc1CNC(=O)N1CCN(CC(=O)OC(C)C)CC1. The number of aryl methyl sites for hydroxylation is 2. The fourth-order valence-electron chi connectivity index (χ4n) is 5.20. The van der Waals surface area contributed by atoms with E-state index in [4.69, 9.17) is 4.74 Å². The fraction of sp³-hybridized carbons (Fsp3) is 0.400. The van der Waals surface area contributed by atoms with Crippen LogP contribution in [0.15, 0.2) is 48.7 Å². The number of aromatic nitrogens is 2. The molecule has 11 nitrogen and oxygen atoms in total. The molecule has 3 aromatic rings. The van der Waals surface area contributed by atoms with Crippen LogP contribution in [0.2, 0.25) is 0 Å². The molecule has 2 aromatic carbocycles. The van der Waals surface area contributed by atoms with Crippen LogP contribution in [0, 0.1) is 6.92 Å². The zero-order chi connectivity index (χ0) is 29.1. The van der Waals surface area contributed by atoms with Crippen LogP contribution in [0.4, 0.5) is 22.0 Å². The number of rotatable bonds is 6. The Morgan fingerprint density at radius 3 is 2.56 bits per heavy atom. The van der Waals surface area contributed by atoms with E-state index in [1.807, 2.05) is 75.2 Å². The molecule has 2 aliphatic rings. The number of carbonyl (C=O) groups excluding carboxylic acids is 3. The first kappa shape index (κ1) is 28.2. The number of ether oxygens (including phenoxy) is 1. The zero-order valence-corrected chi connectivity index (χ0v) is 24.0. The van der Waals surface area contributed by atoms with Gasteiger partial charge in [0, 0.05) is 50.9 Å². The molecule has 0 spiro atoms. The first-order chi connectivity index (χ1) is 19.7. The normalized spacial score (nSPS) is 15.0. The average Bonchev–Trinajstić information content (AvgIpc) is 3.19. The van der Waals surface area contributed by atoms with Gasteiger partial charge in [-0.1, -0.05) is 18.2 Å². The molecule has 0 radical (unpaired) electrons. The summed E-state index contributed by atoms with van der Waals surface area (Å²) >= 11 is 0. The number of benzene rings is 2. The summed E-state index contributed by atoms with van der Waals surface area (Å²) in [5, 5.41) is 10.8. The number of nitrogens with zero attached hydrogens (tertiary/aromatic N) is 5. The van der Waals surface area contributed by atoms with Crippen LogP contribution < -0.4 is 15.5 Å². The standard InChI is InChI=1S/C30H37N7O4/c1-20(2)41-27(38)19-35-11-13-36(14-12-35)30(40)31-16-23-10-9-22(15-21(23)3)29(39)37-18-24-17-32-34(4)28(24)33-25-7-5-6-8-26(25)37/h5-10,15,17,20,33H,11-14,16,18-19H2,1-4H3,(H,31,40). The summed E-state index contributed by atoms with van der Waals surface area (Å²) in [7, 11) is 1.87. The minimum absolute atomic E-state index is 0.107. The molecular formula is C30H37N7O4. The van der Waals surface area contributed by atoms with Crippen LogP contribution in [-0.2, 0) is 29.7 Å². The van der Waals surface area contributed by atoms with E-state index in [0.29, 0.717) is 44.8 Å². The molecule has 5 rings (SSSR count). The maximum atomic E-state index is 13.8. The Labute approximate surface area is 240 Å². The highest BCUT2D eigenvalue weighted by Gasteiger charge is 2.27. The quantitative estimate of drug-likeness (QED) is 0.445. The first-order valence-electron chi connectivity index (χ1n) is 13.9. The van der Waals surface area contributed by atoms with Crippen molar-refractivity contribution in [2.75, 3.05) is 42.9 Å². The molecule has 0 atom stereocenters. The number of amides is 3. The molecule has 3 heterocycles. The second-order valence-electron chi connectivity index (χ2n) is 10.8. The largest absolute Gasteiger partial charge is 0.462 e. The van der Waals surface area contributed by atoms with Crippen molar-refractivity contribution < 1.29 is 19.1 Å². The number of nitrogens with one attached hydrogen (secondary N) is 2. The van der Waals surface area contributed by atoms with Gasteiger partial charge in [-0.15, -0.1) is 0 Å². The van der Waals surface area contributed by atoms with Crippen molar-refractivity contribution in [3.8, 4) is 0 Å². The molecule has 1 saturated heterocycles. The zero-order valence-electron chi connectivity index (χ0n) is 24.0. The van der Waals surface area contributed by atoms with Crippen molar-refractivity contribution in [2.24, 2.45) is 7.05 Å². The summed E-state index contributed by atoms with van der Waals surface area (Å²) in [6.45, 7) is 8.92. The molecule has 11 heteroatoms. The number of fused-ring (bicyclic) bond motifs is 2. The Morgan fingerprint density at radius 1 is 1.07 bits per heavy atom. The third-order valence-corrected chi connectivity index (χ3v) is 7.44. The average molecular weight is 560 g/mol. The maximum absolute atomic E-state index is 13.8. The number of anilines is 3. The van der Waals surface area contributed by atoms with Gasteiger partial charge in [0.2, 0.25) is 0 Å². The summed E-state index contributed by atoms with van der Waals surface area (Å²) in [6, 6.07) is 13.2. The smallest absolute Gasteiger partial charge is 0.320 e. The van der Waals surface area contributed by atoms with Gasteiger partial charge in [0.1, 0.15) is 5.82 Å². The molecule has 0 aliphatic carbocycles. The van der Waals surface area contributed by atoms with Gasteiger partial charge in [-0.25, -0.2) is 4.79 Å². The minimum atomic E-state index is -0.242. The van der Waals surface area contributed by atoms with Gasteiger partial charge in [-0.2, -0.15) is 5.10 Å². The Hall–Kier alpha value is -4.38. The molecule has 2 aliphatic heterocycles. The predicted octanol–water partition coefficient (Wildman–Crippen LogP) is 3.41. The number of esters is 1. The maximum Gasteiger partial charge on any atom is 0.320 e. The third kappa shape index (κ3) is 6.35. The molecule has 2 N–H and O–H groups in total. The Bertz CT molecular complexity index is 1440. The lowest BCUT2D eigenvalue weighted by atomic mass is 10.0. The predicted molar refractivity (Wildman–Crippen MR) is 156 cm³/mol. The van der Waals surface area contributed by atoms with Crippen LogP contribution in [0.25, 0.3) is 0 Å². The van der Waals surface area contributed by atoms with E-state index in [1.54, 1.807) is 20.7 Å². The highest BCUT2D eigenvalue weighted by atomic mass is 16.5. The van der Waals surface area contributed by atoms with Crippen molar-refractivity contribution in [3.05, 3.63) is 70.9 Å². The molecule has 1 fully saturated rings. The fourth-order valence-corrected chi connectivity index (χ4v) is 5.20. The van der Waals surface area contributed by atoms with Gasteiger partial charge in [0.15, 0.2) is 0 Å². The van der Waals surface area contributed by atoms with Gasteiger partial charge >= 0.3 is 12.0 Å². The molecule has 216 valence electrons. The molecule has 3 amide bonds. The highest BCUT2D eigenvalue weighted by Crippen LogP contribution is 2.36. The van der Waals surface area contributed by atoms with Gasteiger partial charge in [0.05, 0.1) is 36.8 Å². The van der Waals surface area contributed by atoms with Crippen LogP contribution >= 0.6 is 0 Å². The first-order valence-corrected chi connectivity index (χ1v) is 13.9. The second-order valence-corrected chi connectivity index (χ2v) is 10.8. The highest BCUT2D eigenvalue weighted by molar-refractivity contribution is 6.08. The molecule has 0 bridgehead atoms. The van der Waals surface area contributed by atoms with Crippen molar-refractivity contribution in [1.29, 1.82) is 0 Å². The molecule has 0 saturated carbocycles. The number of para-hydroxylation sites is 2. The molecule has 41 heavy (non-hydrogen) atoms. The summed E-state index contributed by atoms with van der Waals surface area (Å²) in [4.78, 5) is 44.0. The molecule has 1 aromatic heterocycles. The minimum Gasteiger partial charge on any atom is -0.462 e. The molecular weight excluding hydrogens is 522 g/mol. The Kier molecular flexibility index (Phi) is 8.25.